The molecule has 1 rings (SSSR count). The summed E-state index contributed by atoms with van der Waals surface area (Å²) < 4.78 is 0. The molecule has 0 aromatic carbocycles. The van der Waals surface area contributed by atoms with E-state index in [4.69, 9.17) is 5.73 Å². The molecule has 0 aliphatic carbocycles. The lowest BCUT2D eigenvalue weighted by Gasteiger charge is -2.31. The maximum atomic E-state index is 12.6. The van der Waals surface area contributed by atoms with Crippen molar-refractivity contribution in [3.8, 4) is 0 Å². The van der Waals surface area contributed by atoms with Crippen molar-refractivity contribution in [2.75, 3.05) is 32.7 Å². The highest BCUT2D eigenvalue weighted by atomic mass is 16.2. The molecule has 0 aromatic heterocycles. The molecule has 0 saturated carbocycles. The Bertz CT molecular complexity index is 294. The van der Waals surface area contributed by atoms with E-state index in [2.05, 4.69) is 31.0 Å². The molecule has 0 bridgehead atoms. The first-order valence-corrected chi connectivity index (χ1v) is 8.78. The molecular formula is C17H35N3O. The Morgan fingerprint density at radius 3 is 2.29 bits per heavy atom. The lowest BCUT2D eigenvalue weighted by atomic mass is 9.78. The second-order valence-corrected chi connectivity index (χ2v) is 6.81. The molecule has 4 nitrogen and oxygen atoms in total. The fraction of sp³-hybridized carbons (Fsp3) is 0.941. The summed E-state index contributed by atoms with van der Waals surface area (Å²) >= 11 is 0. The minimum Gasteiger partial charge on any atom is -0.355 e. The third-order valence-electron chi connectivity index (χ3n) is 4.71. The summed E-state index contributed by atoms with van der Waals surface area (Å²) in [5, 5.41) is 3.17. The van der Waals surface area contributed by atoms with E-state index >= 15 is 0 Å². The zero-order valence-corrected chi connectivity index (χ0v) is 14.3. The number of rotatable bonds is 10. The van der Waals surface area contributed by atoms with Crippen molar-refractivity contribution in [3.63, 3.8) is 0 Å². The van der Waals surface area contributed by atoms with Gasteiger partial charge >= 0.3 is 0 Å². The van der Waals surface area contributed by atoms with Gasteiger partial charge in [-0.15, -0.1) is 0 Å². The van der Waals surface area contributed by atoms with Gasteiger partial charge in [0.25, 0.3) is 0 Å². The molecule has 0 aromatic rings. The number of carbonyl (C=O) groups is 1. The first kappa shape index (κ1) is 18.4. The van der Waals surface area contributed by atoms with Gasteiger partial charge in [0.05, 0.1) is 5.41 Å². The molecule has 0 radical (unpaired) electrons. The second kappa shape index (κ2) is 9.42. The average molecular weight is 297 g/mol. The zero-order chi connectivity index (χ0) is 15.7. The number of hydrogen-bond donors (Lipinski definition) is 2. The van der Waals surface area contributed by atoms with Gasteiger partial charge in [-0.3, -0.25) is 4.79 Å². The third kappa shape index (κ3) is 5.59. The highest BCUT2D eigenvalue weighted by Crippen LogP contribution is 2.29. The van der Waals surface area contributed by atoms with Crippen molar-refractivity contribution in [3.05, 3.63) is 0 Å². The predicted octanol–water partition coefficient (Wildman–Crippen LogP) is 2.38. The highest BCUT2D eigenvalue weighted by Gasteiger charge is 2.35. The number of nitrogens with two attached hydrogens (primary N) is 1. The van der Waals surface area contributed by atoms with Crippen molar-refractivity contribution < 1.29 is 4.79 Å². The minimum atomic E-state index is -0.350. The Morgan fingerprint density at radius 2 is 1.81 bits per heavy atom. The van der Waals surface area contributed by atoms with Crippen molar-refractivity contribution in [1.82, 2.24) is 10.2 Å². The number of hydrogen-bond acceptors (Lipinski definition) is 3. The molecule has 124 valence electrons. The van der Waals surface area contributed by atoms with Crippen LogP contribution in [0.4, 0.5) is 0 Å². The monoisotopic (exact) mass is 297 g/mol. The van der Waals surface area contributed by atoms with Gasteiger partial charge in [-0.05, 0) is 44.7 Å². The van der Waals surface area contributed by atoms with Gasteiger partial charge in [0.1, 0.15) is 0 Å². The molecule has 1 saturated heterocycles. The number of carbonyl (C=O) groups excluding carboxylic acids is 1. The van der Waals surface area contributed by atoms with E-state index in [1.54, 1.807) is 0 Å². The molecule has 4 heteroatoms. The smallest absolute Gasteiger partial charge is 0.227 e. The van der Waals surface area contributed by atoms with E-state index in [9.17, 15) is 4.79 Å². The van der Waals surface area contributed by atoms with Gasteiger partial charge in [-0.2, -0.15) is 0 Å². The predicted molar refractivity (Wildman–Crippen MR) is 89.2 cm³/mol. The maximum Gasteiger partial charge on any atom is 0.227 e. The van der Waals surface area contributed by atoms with E-state index < -0.39 is 0 Å². The summed E-state index contributed by atoms with van der Waals surface area (Å²) in [5.74, 6) is 0.674. The molecule has 1 amide bonds. The zero-order valence-electron chi connectivity index (χ0n) is 14.3. The summed E-state index contributed by atoms with van der Waals surface area (Å²) in [6.45, 7) is 11.2. The van der Waals surface area contributed by atoms with Crippen molar-refractivity contribution >= 4 is 5.91 Å². The molecule has 1 fully saturated rings. The molecule has 1 aliphatic heterocycles. The van der Waals surface area contributed by atoms with Gasteiger partial charge in [0.15, 0.2) is 0 Å². The van der Waals surface area contributed by atoms with Gasteiger partial charge in [0, 0.05) is 19.6 Å². The Hall–Kier alpha value is -0.610. The van der Waals surface area contributed by atoms with Gasteiger partial charge in [0.2, 0.25) is 5.91 Å². The van der Waals surface area contributed by atoms with Crippen LogP contribution < -0.4 is 11.1 Å². The number of nitrogens with one attached hydrogen (secondary N) is 1. The van der Waals surface area contributed by atoms with Gasteiger partial charge < -0.3 is 16.0 Å². The molecule has 0 spiro atoms. The van der Waals surface area contributed by atoms with Crippen LogP contribution in [-0.4, -0.2) is 43.5 Å². The third-order valence-corrected chi connectivity index (χ3v) is 4.71. The van der Waals surface area contributed by atoms with E-state index in [0.717, 1.165) is 38.8 Å². The van der Waals surface area contributed by atoms with E-state index in [1.165, 1.54) is 25.9 Å². The molecule has 21 heavy (non-hydrogen) atoms. The largest absolute Gasteiger partial charge is 0.355 e. The Labute approximate surface area is 130 Å². The fourth-order valence-corrected chi connectivity index (χ4v) is 3.53. The van der Waals surface area contributed by atoms with Crippen LogP contribution in [0.2, 0.25) is 0 Å². The van der Waals surface area contributed by atoms with Crippen LogP contribution in [0.5, 0.6) is 0 Å². The first-order valence-electron chi connectivity index (χ1n) is 8.78. The standard InChI is InChI=1S/C17H35N3O/c1-4-8-17(14-18,9-5-2)16(21)19-12-15(3)13-20-10-6-7-11-20/h15H,4-14,18H2,1-3H3,(H,19,21). The average Bonchev–Trinajstić information content (AvgIpc) is 2.97. The Morgan fingerprint density at radius 1 is 1.24 bits per heavy atom. The molecule has 1 heterocycles. The van der Waals surface area contributed by atoms with E-state index in [1.807, 2.05) is 0 Å². The van der Waals surface area contributed by atoms with E-state index in [-0.39, 0.29) is 11.3 Å². The van der Waals surface area contributed by atoms with Crippen LogP contribution >= 0.6 is 0 Å². The molecule has 1 atom stereocenters. The second-order valence-electron chi connectivity index (χ2n) is 6.81. The van der Waals surface area contributed by atoms with Crippen LogP contribution in [0.1, 0.15) is 59.3 Å². The van der Waals surface area contributed by atoms with Crippen LogP contribution in [0.3, 0.4) is 0 Å². The topological polar surface area (TPSA) is 58.4 Å². The van der Waals surface area contributed by atoms with Crippen molar-refractivity contribution in [2.45, 2.75) is 59.3 Å². The number of amides is 1. The summed E-state index contributed by atoms with van der Waals surface area (Å²) in [7, 11) is 0. The first-order chi connectivity index (χ1) is 10.1. The minimum absolute atomic E-state index is 0.168. The Balaban J connectivity index is 2.44. The summed E-state index contributed by atoms with van der Waals surface area (Å²) in [6.07, 6.45) is 6.44. The fourth-order valence-electron chi connectivity index (χ4n) is 3.53. The van der Waals surface area contributed by atoms with Crippen molar-refractivity contribution in [1.29, 1.82) is 0 Å². The summed E-state index contributed by atoms with van der Waals surface area (Å²) in [5.41, 5.74) is 5.60. The normalized spacial score (nSPS) is 17.9. The van der Waals surface area contributed by atoms with Crippen LogP contribution in [0.15, 0.2) is 0 Å². The van der Waals surface area contributed by atoms with Crippen LogP contribution in [0, 0.1) is 11.3 Å². The van der Waals surface area contributed by atoms with Crippen LogP contribution in [-0.2, 0) is 4.79 Å². The lowest BCUT2D eigenvalue weighted by Crippen LogP contribution is -2.47. The maximum absolute atomic E-state index is 12.6. The van der Waals surface area contributed by atoms with Crippen molar-refractivity contribution in [2.24, 2.45) is 17.1 Å². The number of likely N-dealkylation sites (tertiary alicyclic amines) is 1. The molecular weight excluding hydrogens is 262 g/mol. The summed E-state index contributed by atoms with van der Waals surface area (Å²) in [4.78, 5) is 15.1. The molecule has 1 aliphatic rings. The van der Waals surface area contributed by atoms with E-state index in [0.29, 0.717) is 12.5 Å². The molecule has 1 unspecified atom stereocenters. The van der Waals surface area contributed by atoms with Gasteiger partial charge in [-0.1, -0.05) is 33.6 Å². The quantitative estimate of drug-likeness (QED) is 0.651. The summed E-state index contributed by atoms with van der Waals surface area (Å²) in [6, 6.07) is 0. The Kier molecular flexibility index (Phi) is 8.27. The molecule has 3 N–H and O–H groups in total. The SMILES string of the molecule is CCCC(CN)(CCC)C(=O)NCC(C)CN1CCCC1. The van der Waals surface area contributed by atoms with Gasteiger partial charge in [-0.25, -0.2) is 0 Å². The lowest BCUT2D eigenvalue weighted by molar-refractivity contribution is -0.131. The highest BCUT2D eigenvalue weighted by molar-refractivity contribution is 5.82. The van der Waals surface area contributed by atoms with Crippen LogP contribution in [0.25, 0.3) is 0 Å². The number of nitrogens with zero attached hydrogens (tertiary/aromatic N) is 1.